The molecule has 0 aliphatic rings. The molecule has 0 rings (SSSR count). The zero-order chi connectivity index (χ0) is 11.4. The SMILES string of the molecule is CC(=O)CC(=O)O.OCCOCCO. The van der Waals surface area contributed by atoms with Gasteiger partial charge in [-0.1, -0.05) is 0 Å². The molecule has 0 atom stereocenters. The molecule has 0 aliphatic heterocycles. The van der Waals surface area contributed by atoms with Crippen molar-refractivity contribution in [2.24, 2.45) is 0 Å². The number of aliphatic hydroxyl groups is 2. The smallest absolute Gasteiger partial charge is 0.310 e. The van der Waals surface area contributed by atoms with E-state index in [1.165, 1.54) is 6.92 Å². The predicted molar refractivity (Wildman–Crippen MR) is 47.9 cm³/mol. The number of Topliss-reactive ketones (excluding diaryl/α,β-unsaturated/α-hetero) is 1. The van der Waals surface area contributed by atoms with Gasteiger partial charge in [0, 0.05) is 0 Å². The van der Waals surface area contributed by atoms with Gasteiger partial charge in [-0.25, -0.2) is 0 Å². The molecule has 6 heteroatoms. The standard InChI is InChI=1S/C4H10O3.C4H6O3/c5-1-3-7-4-2-6;1-3(5)2-4(6)7/h5-6H,1-4H2;2H2,1H3,(H,6,7). The quantitative estimate of drug-likeness (QED) is 0.383. The predicted octanol–water partition coefficient (Wildman–Crippen LogP) is -0.962. The first-order chi connectivity index (χ1) is 6.54. The second-order valence-corrected chi connectivity index (χ2v) is 2.33. The van der Waals surface area contributed by atoms with Crippen LogP contribution in [0.3, 0.4) is 0 Å². The topological polar surface area (TPSA) is 104 Å². The van der Waals surface area contributed by atoms with E-state index in [1.54, 1.807) is 0 Å². The van der Waals surface area contributed by atoms with E-state index in [2.05, 4.69) is 4.74 Å². The van der Waals surface area contributed by atoms with E-state index in [1.807, 2.05) is 0 Å². The van der Waals surface area contributed by atoms with Crippen LogP contribution >= 0.6 is 0 Å². The Morgan fingerprint density at radius 3 is 1.71 bits per heavy atom. The average molecular weight is 208 g/mol. The Labute approximate surface area is 82.1 Å². The summed E-state index contributed by atoms with van der Waals surface area (Å²) in [5.74, 6) is -1.37. The number of ketones is 1. The number of rotatable bonds is 6. The largest absolute Gasteiger partial charge is 0.481 e. The normalized spacial score (nSPS) is 8.79. The Morgan fingerprint density at radius 2 is 1.57 bits per heavy atom. The van der Waals surface area contributed by atoms with E-state index in [0.717, 1.165) is 0 Å². The maximum Gasteiger partial charge on any atom is 0.310 e. The Kier molecular flexibility index (Phi) is 13.3. The van der Waals surface area contributed by atoms with Gasteiger partial charge in [-0.2, -0.15) is 0 Å². The lowest BCUT2D eigenvalue weighted by Crippen LogP contribution is -2.03. The van der Waals surface area contributed by atoms with Crippen LogP contribution in [0, 0.1) is 0 Å². The van der Waals surface area contributed by atoms with Gasteiger partial charge in [0.05, 0.1) is 26.4 Å². The Hall–Kier alpha value is -0.980. The third-order valence-electron chi connectivity index (χ3n) is 0.871. The van der Waals surface area contributed by atoms with Gasteiger partial charge in [0.25, 0.3) is 0 Å². The number of ether oxygens (including phenoxy) is 1. The highest BCUT2D eigenvalue weighted by molar-refractivity contribution is 5.93. The summed E-state index contributed by atoms with van der Waals surface area (Å²) in [4.78, 5) is 19.5. The summed E-state index contributed by atoms with van der Waals surface area (Å²) < 4.78 is 4.63. The van der Waals surface area contributed by atoms with Crippen LogP contribution in [0.25, 0.3) is 0 Å². The Bertz CT molecular complexity index is 140. The molecule has 84 valence electrons. The molecule has 0 aliphatic carbocycles. The molecule has 0 unspecified atom stereocenters. The molecule has 0 saturated heterocycles. The second kappa shape index (κ2) is 12.0. The van der Waals surface area contributed by atoms with Crippen LogP contribution < -0.4 is 0 Å². The first kappa shape index (κ1) is 15.5. The van der Waals surface area contributed by atoms with Crippen molar-refractivity contribution in [3.05, 3.63) is 0 Å². The lowest BCUT2D eigenvalue weighted by atomic mass is 10.3. The number of carboxylic acid groups (broad SMARTS) is 1. The number of hydrogen-bond acceptors (Lipinski definition) is 5. The fraction of sp³-hybridized carbons (Fsp3) is 0.750. The summed E-state index contributed by atoms with van der Waals surface area (Å²) in [5.41, 5.74) is 0. The number of carbonyl (C=O) groups excluding carboxylic acids is 1. The van der Waals surface area contributed by atoms with Gasteiger partial charge in [-0.15, -0.1) is 0 Å². The van der Waals surface area contributed by atoms with Crippen LogP contribution in [-0.4, -0.2) is 53.5 Å². The number of aliphatic carboxylic acids is 1. The van der Waals surface area contributed by atoms with E-state index in [0.29, 0.717) is 13.2 Å². The molecule has 0 aromatic rings. The van der Waals surface area contributed by atoms with Gasteiger partial charge in [0.15, 0.2) is 0 Å². The molecule has 14 heavy (non-hydrogen) atoms. The highest BCUT2D eigenvalue weighted by Gasteiger charge is 1.98. The summed E-state index contributed by atoms with van der Waals surface area (Å²) >= 11 is 0. The summed E-state index contributed by atoms with van der Waals surface area (Å²) in [7, 11) is 0. The minimum Gasteiger partial charge on any atom is -0.481 e. The maximum atomic E-state index is 9.87. The van der Waals surface area contributed by atoms with Crippen molar-refractivity contribution in [1.82, 2.24) is 0 Å². The van der Waals surface area contributed by atoms with Gasteiger partial charge < -0.3 is 20.1 Å². The number of carbonyl (C=O) groups is 2. The third kappa shape index (κ3) is 22.5. The minimum absolute atomic E-state index is 0.0278. The van der Waals surface area contributed by atoms with E-state index in [4.69, 9.17) is 15.3 Å². The van der Waals surface area contributed by atoms with Crippen molar-refractivity contribution >= 4 is 11.8 Å². The zero-order valence-electron chi connectivity index (χ0n) is 8.10. The second-order valence-electron chi connectivity index (χ2n) is 2.33. The Morgan fingerprint density at radius 1 is 1.14 bits per heavy atom. The number of hydrogen-bond donors (Lipinski definition) is 3. The summed E-state index contributed by atoms with van der Waals surface area (Å²) in [6.07, 6.45) is -0.361. The van der Waals surface area contributed by atoms with Crippen molar-refractivity contribution in [3.63, 3.8) is 0 Å². The van der Waals surface area contributed by atoms with Gasteiger partial charge in [-0.05, 0) is 6.92 Å². The van der Waals surface area contributed by atoms with Gasteiger partial charge in [0.2, 0.25) is 0 Å². The highest BCUT2D eigenvalue weighted by Crippen LogP contribution is 1.77. The molecule has 0 radical (unpaired) electrons. The molecular formula is C8H16O6. The van der Waals surface area contributed by atoms with E-state index in [9.17, 15) is 9.59 Å². The molecule has 0 bridgehead atoms. The molecule has 0 aromatic carbocycles. The number of aliphatic hydroxyl groups excluding tert-OH is 2. The fourth-order valence-electron chi connectivity index (χ4n) is 0.444. The highest BCUT2D eigenvalue weighted by atomic mass is 16.5. The molecule has 0 heterocycles. The molecule has 0 saturated carbocycles. The zero-order valence-corrected chi connectivity index (χ0v) is 8.10. The van der Waals surface area contributed by atoms with Crippen LogP contribution in [0.5, 0.6) is 0 Å². The van der Waals surface area contributed by atoms with Crippen molar-refractivity contribution in [1.29, 1.82) is 0 Å². The van der Waals surface area contributed by atoms with Crippen molar-refractivity contribution in [3.8, 4) is 0 Å². The minimum atomic E-state index is -1.06. The molecular weight excluding hydrogens is 192 g/mol. The summed E-state index contributed by atoms with van der Waals surface area (Å²) in [5, 5.41) is 24.0. The molecule has 3 N–H and O–H groups in total. The fourth-order valence-corrected chi connectivity index (χ4v) is 0.444. The summed E-state index contributed by atoms with van der Waals surface area (Å²) in [6, 6.07) is 0. The molecule has 0 aromatic heterocycles. The lowest BCUT2D eigenvalue weighted by molar-refractivity contribution is -0.139. The molecule has 6 nitrogen and oxygen atoms in total. The lowest BCUT2D eigenvalue weighted by Gasteiger charge is -1.94. The van der Waals surface area contributed by atoms with E-state index in [-0.39, 0.29) is 25.4 Å². The van der Waals surface area contributed by atoms with Crippen LogP contribution in [-0.2, 0) is 14.3 Å². The van der Waals surface area contributed by atoms with Gasteiger partial charge >= 0.3 is 5.97 Å². The van der Waals surface area contributed by atoms with Crippen LogP contribution in [0.4, 0.5) is 0 Å². The average Bonchev–Trinajstić information content (AvgIpc) is 2.04. The molecule has 0 amide bonds. The third-order valence-corrected chi connectivity index (χ3v) is 0.871. The van der Waals surface area contributed by atoms with E-state index < -0.39 is 5.97 Å². The summed E-state index contributed by atoms with van der Waals surface area (Å²) in [6.45, 7) is 1.94. The monoisotopic (exact) mass is 208 g/mol. The van der Waals surface area contributed by atoms with Gasteiger partial charge in [0.1, 0.15) is 12.2 Å². The maximum absolute atomic E-state index is 9.87. The van der Waals surface area contributed by atoms with Gasteiger partial charge in [-0.3, -0.25) is 9.59 Å². The number of carboxylic acids is 1. The van der Waals surface area contributed by atoms with Crippen LogP contribution in [0.1, 0.15) is 13.3 Å². The molecule has 0 spiro atoms. The first-order valence-electron chi connectivity index (χ1n) is 4.05. The van der Waals surface area contributed by atoms with Crippen molar-refractivity contribution in [2.45, 2.75) is 13.3 Å². The Balaban J connectivity index is 0. The van der Waals surface area contributed by atoms with E-state index >= 15 is 0 Å². The van der Waals surface area contributed by atoms with Crippen LogP contribution in [0.2, 0.25) is 0 Å². The first-order valence-corrected chi connectivity index (χ1v) is 4.05. The van der Waals surface area contributed by atoms with Crippen LogP contribution in [0.15, 0.2) is 0 Å². The van der Waals surface area contributed by atoms with Crippen molar-refractivity contribution in [2.75, 3.05) is 26.4 Å². The molecule has 0 fully saturated rings. The van der Waals surface area contributed by atoms with Crippen molar-refractivity contribution < 1.29 is 29.6 Å².